The van der Waals surface area contributed by atoms with Gasteiger partial charge in [-0.1, -0.05) is 41.9 Å². The van der Waals surface area contributed by atoms with Crippen molar-refractivity contribution < 1.29 is 13.2 Å². The number of amides is 1. The van der Waals surface area contributed by atoms with E-state index in [2.05, 4.69) is 10.5 Å². The molecule has 2 aromatic rings. The molecule has 0 aromatic heterocycles. The summed E-state index contributed by atoms with van der Waals surface area (Å²) in [6.07, 6.45) is 2.49. The molecule has 0 heterocycles. The second-order valence-electron chi connectivity index (χ2n) is 5.36. The number of para-hydroxylation sites is 1. The van der Waals surface area contributed by atoms with Crippen molar-refractivity contribution >= 4 is 39.4 Å². The maximum atomic E-state index is 12.3. The molecule has 6 nitrogen and oxygen atoms in total. The average Bonchev–Trinajstić information content (AvgIpc) is 2.54. The molecule has 0 radical (unpaired) electrons. The Morgan fingerprint density at radius 2 is 1.88 bits per heavy atom. The van der Waals surface area contributed by atoms with E-state index >= 15 is 0 Å². The highest BCUT2D eigenvalue weighted by Gasteiger charge is 2.28. The Morgan fingerprint density at radius 1 is 1.20 bits per heavy atom. The molecule has 0 aliphatic carbocycles. The van der Waals surface area contributed by atoms with Gasteiger partial charge in [-0.25, -0.2) is 13.8 Å². The molecule has 8 heteroatoms. The van der Waals surface area contributed by atoms with Crippen LogP contribution < -0.4 is 9.73 Å². The van der Waals surface area contributed by atoms with Crippen molar-refractivity contribution in [2.75, 3.05) is 10.6 Å². The zero-order valence-corrected chi connectivity index (χ0v) is 15.3. The Bertz CT molecular complexity index is 870. The highest BCUT2D eigenvalue weighted by Crippen LogP contribution is 2.20. The Labute approximate surface area is 152 Å². The normalized spacial score (nSPS) is 12.8. The molecule has 0 bridgehead atoms. The van der Waals surface area contributed by atoms with Crippen LogP contribution in [0.2, 0.25) is 5.02 Å². The number of nitrogens with zero attached hydrogens (tertiary/aromatic N) is 2. The van der Waals surface area contributed by atoms with Crippen LogP contribution in [0.4, 0.5) is 5.69 Å². The summed E-state index contributed by atoms with van der Waals surface area (Å²) >= 11 is 5.87. The monoisotopic (exact) mass is 379 g/mol. The molecular weight excluding hydrogens is 362 g/mol. The summed E-state index contributed by atoms with van der Waals surface area (Å²) in [6.45, 7) is 1.50. The molecule has 2 rings (SSSR count). The number of hydrogen-bond donors (Lipinski definition) is 1. The first kappa shape index (κ1) is 19.0. The van der Waals surface area contributed by atoms with Crippen LogP contribution >= 0.6 is 11.6 Å². The number of sulfonamides is 1. The van der Waals surface area contributed by atoms with Crippen molar-refractivity contribution in [3.8, 4) is 0 Å². The lowest BCUT2D eigenvalue weighted by molar-refractivity contribution is -0.121. The van der Waals surface area contributed by atoms with E-state index in [1.165, 1.54) is 13.1 Å². The number of hydrogen-bond acceptors (Lipinski definition) is 4. The molecular formula is C17H18ClN3O3S. The van der Waals surface area contributed by atoms with Gasteiger partial charge in [0, 0.05) is 5.02 Å². The van der Waals surface area contributed by atoms with Crippen molar-refractivity contribution in [1.29, 1.82) is 0 Å². The molecule has 0 spiro atoms. The van der Waals surface area contributed by atoms with Crippen LogP contribution in [0.25, 0.3) is 0 Å². The number of halogens is 1. The van der Waals surface area contributed by atoms with Gasteiger partial charge in [0.2, 0.25) is 10.0 Å². The first-order valence-electron chi connectivity index (χ1n) is 7.42. The number of carbonyl (C=O) groups excluding carboxylic acids is 1. The Morgan fingerprint density at radius 3 is 2.48 bits per heavy atom. The summed E-state index contributed by atoms with van der Waals surface area (Å²) in [5.74, 6) is -0.549. The van der Waals surface area contributed by atoms with Crippen LogP contribution in [-0.4, -0.2) is 32.8 Å². The summed E-state index contributed by atoms with van der Waals surface area (Å²) in [6, 6.07) is 14.4. The average molecular weight is 380 g/mol. The Hall–Kier alpha value is -2.38. The highest BCUT2D eigenvalue weighted by molar-refractivity contribution is 7.92. The molecule has 132 valence electrons. The van der Waals surface area contributed by atoms with Crippen LogP contribution in [0.1, 0.15) is 12.5 Å². The van der Waals surface area contributed by atoms with Gasteiger partial charge >= 0.3 is 0 Å². The summed E-state index contributed by atoms with van der Waals surface area (Å²) in [5.41, 5.74) is 3.47. The largest absolute Gasteiger partial charge is 0.271 e. The maximum Gasteiger partial charge on any atom is 0.263 e. The van der Waals surface area contributed by atoms with Crippen LogP contribution in [0.15, 0.2) is 59.7 Å². The fraction of sp³-hybridized carbons (Fsp3) is 0.176. The first-order chi connectivity index (χ1) is 11.8. The molecule has 25 heavy (non-hydrogen) atoms. The summed E-state index contributed by atoms with van der Waals surface area (Å²) in [7, 11) is -3.64. The SMILES string of the molecule is C[C@H](C(=O)N/N=C\c1cccc(Cl)c1)N(c1ccccc1)S(C)(=O)=O. The molecule has 0 saturated carbocycles. The third-order valence-corrected chi connectivity index (χ3v) is 4.81. The standard InChI is InChI=1S/C17H18ClN3O3S/c1-13(21(25(2,23)24)16-9-4-3-5-10-16)17(22)20-19-12-14-7-6-8-15(18)11-14/h3-13H,1-2H3,(H,20,22)/b19-12-/t13-/m1/s1. The van der Waals surface area contributed by atoms with E-state index in [0.717, 1.165) is 10.6 Å². The Balaban J connectivity index is 2.14. The summed E-state index contributed by atoms with van der Waals surface area (Å²) in [5, 5.41) is 4.41. The Kier molecular flexibility index (Phi) is 6.17. The van der Waals surface area contributed by atoms with Gasteiger partial charge in [-0.2, -0.15) is 5.10 Å². The predicted molar refractivity (Wildman–Crippen MR) is 100 cm³/mol. The molecule has 0 aliphatic rings. The third-order valence-electron chi connectivity index (χ3n) is 3.34. The highest BCUT2D eigenvalue weighted by atomic mass is 35.5. The minimum Gasteiger partial charge on any atom is -0.271 e. The topological polar surface area (TPSA) is 78.8 Å². The van der Waals surface area contributed by atoms with Crippen molar-refractivity contribution in [2.24, 2.45) is 5.10 Å². The molecule has 1 amide bonds. The minimum absolute atomic E-state index is 0.409. The van der Waals surface area contributed by atoms with Gasteiger partial charge in [-0.05, 0) is 36.8 Å². The fourth-order valence-electron chi connectivity index (χ4n) is 2.23. The van der Waals surface area contributed by atoms with E-state index in [4.69, 9.17) is 11.6 Å². The lowest BCUT2D eigenvalue weighted by atomic mass is 10.2. The van der Waals surface area contributed by atoms with Crippen molar-refractivity contribution in [3.05, 3.63) is 65.2 Å². The van der Waals surface area contributed by atoms with Crippen molar-refractivity contribution in [1.82, 2.24) is 5.43 Å². The zero-order valence-electron chi connectivity index (χ0n) is 13.8. The number of benzene rings is 2. The van der Waals surface area contributed by atoms with Gasteiger partial charge in [0.15, 0.2) is 0 Å². The van der Waals surface area contributed by atoms with Gasteiger partial charge in [0.25, 0.3) is 5.91 Å². The van der Waals surface area contributed by atoms with Gasteiger partial charge in [0.05, 0.1) is 18.2 Å². The number of rotatable bonds is 6. The lowest BCUT2D eigenvalue weighted by Gasteiger charge is -2.27. The van der Waals surface area contributed by atoms with E-state index < -0.39 is 22.0 Å². The van der Waals surface area contributed by atoms with Gasteiger partial charge in [-0.3, -0.25) is 9.10 Å². The molecule has 0 unspecified atom stereocenters. The van der Waals surface area contributed by atoms with E-state index in [1.54, 1.807) is 54.6 Å². The molecule has 0 fully saturated rings. The fourth-order valence-corrected chi connectivity index (χ4v) is 3.61. The second-order valence-corrected chi connectivity index (χ2v) is 7.66. The van der Waals surface area contributed by atoms with Crippen molar-refractivity contribution in [3.63, 3.8) is 0 Å². The van der Waals surface area contributed by atoms with E-state index in [-0.39, 0.29) is 0 Å². The molecule has 1 N–H and O–H groups in total. The number of anilines is 1. The maximum absolute atomic E-state index is 12.3. The number of nitrogens with one attached hydrogen (secondary N) is 1. The van der Waals surface area contributed by atoms with Crippen LogP contribution in [0.5, 0.6) is 0 Å². The van der Waals surface area contributed by atoms with E-state index in [0.29, 0.717) is 16.3 Å². The molecule has 0 saturated heterocycles. The smallest absolute Gasteiger partial charge is 0.263 e. The second kappa shape index (κ2) is 8.13. The van der Waals surface area contributed by atoms with Crippen LogP contribution in [0, 0.1) is 0 Å². The molecule has 0 aliphatic heterocycles. The quantitative estimate of drug-likeness (QED) is 0.619. The van der Waals surface area contributed by atoms with Gasteiger partial charge in [0.1, 0.15) is 6.04 Å². The predicted octanol–water partition coefficient (Wildman–Crippen LogP) is 2.64. The number of carbonyl (C=O) groups is 1. The first-order valence-corrected chi connectivity index (χ1v) is 9.64. The van der Waals surface area contributed by atoms with Crippen LogP contribution in [0.3, 0.4) is 0 Å². The molecule has 2 aromatic carbocycles. The summed E-state index contributed by atoms with van der Waals surface area (Å²) in [4.78, 5) is 12.3. The third kappa shape index (κ3) is 5.30. The van der Waals surface area contributed by atoms with Crippen molar-refractivity contribution in [2.45, 2.75) is 13.0 Å². The van der Waals surface area contributed by atoms with Gasteiger partial charge < -0.3 is 0 Å². The minimum atomic E-state index is -3.64. The van der Waals surface area contributed by atoms with Gasteiger partial charge in [-0.15, -0.1) is 0 Å². The molecule has 1 atom stereocenters. The van der Waals surface area contributed by atoms with E-state index in [9.17, 15) is 13.2 Å². The van der Waals surface area contributed by atoms with Crippen LogP contribution in [-0.2, 0) is 14.8 Å². The lowest BCUT2D eigenvalue weighted by Crippen LogP contribution is -2.46. The zero-order chi connectivity index (χ0) is 18.4. The van der Waals surface area contributed by atoms with E-state index in [1.807, 2.05) is 0 Å². The summed E-state index contributed by atoms with van der Waals surface area (Å²) < 4.78 is 25.3. The number of hydrazone groups is 1.